The number of imidazole rings is 1. The average molecular weight is 499 g/mol. The lowest BCUT2D eigenvalue weighted by atomic mass is 10.1. The van der Waals surface area contributed by atoms with Gasteiger partial charge in [0.15, 0.2) is 17.5 Å². The predicted molar refractivity (Wildman–Crippen MR) is 127 cm³/mol. The number of nitrogens with one attached hydrogen (secondary N) is 1. The van der Waals surface area contributed by atoms with Crippen molar-refractivity contribution in [3.63, 3.8) is 0 Å². The zero-order chi connectivity index (χ0) is 26.0. The number of methoxy groups -OCH3 is 1. The van der Waals surface area contributed by atoms with Gasteiger partial charge in [-0.1, -0.05) is 6.07 Å². The molecule has 0 spiro atoms. The zero-order valence-corrected chi connectivity index (χ0v) is 19.8. The number of hydrogen-bond donors (Lipinski definition) is 2. The highest BCUT2D eigenvalue weighted by molar-refractivity contribution is 6.15. The van der Waals surface area contributed by atoms with Gasteiger partial charge in [-0.3, -0.25) is 14.7 Å². The van der Waals surface area contributed by atoms with Crippen molar-refractivity contribution in [2.75, 3.05) is 20.3 Å². The smallest absolute Gasteiger partial charge is 0.277 e. The van der Waals surface area contributed by atoms with Crippen LogP contribution in [0, 0.1) is 24.4 Å². The Morgan fingerprint density at radius 1 is 1.22 bits per heavy atom. The Labute approximate surface area is 205 Å². The van der Waals surface area contributed by atoms with Gasteiger partial charge in [-0.05, 0) is 55.3 Å². The van der Waals surface area contributed by atoms with E-state index in [9.17, 15) is 23.1 Å². The van der Waals surface area contributed by atoms with Crippen molar-refractivity contribution in [3.8, 4) is 11.4 Å². The van der Waals surface area contributed by atoms with Gasteiger partial charge in [-0.2, -0.15) is 0 Å². The lowest BCUT2D eigenvalue weighted by Crippen LogP contribution is -2.35. The van der Waals surface area contributed by atoms with E-state index in [2.05, 4.69) is 15.3 Å². The van der Waals surface area contributed by atoms with Crippen LogP contribution in [0.4, 0.5) is 13.2 Å². The Balaban J connectivity index is 1.69. The number of carbonyl (C=O) groups excluding carboxylic acids is 1. The topological polar surface area (TPSA) is 92.0 Å². The van der Waals surface area contributed by atoms with Gasteiger partial charge >= 0.3 is 0 Å². The minimum Gasteiger partial charge on any atom is -0.495 e. The molecule has 11 heteroatoms. The van der Waals surface area contributed by atoms with E-state index in [0.717, 1.165) is 23.5 Å². The average Bonchev–Trinajstić information content (AvgIpc) is 3.43. The summed E-state index contributed by atoms with van der Waals surface area (Å²) in [5.41, 5.74) is 2.43. The second-order valence-corrected chi connectivity index (χ2v) is 8.12. The third-order valence-electron chi connectivity index (χ3n) is 5.67. The Kier molecular flexibility index (Phi) is 7.11. The van der Waals surface area contributed by atoms with Crippen LogP contribution in [0.3, 0.4) is 0 Å². The molecule has 2 N–H and O–H groups in total. The normalized spacial score (nSPS) is 16.6. The number of aliphatic hydroxyl groups is 1. The molecule has 2 aromatic carbocycles. The Morgan fingerprint density at radius 3 is 2.56 bits per heavy atom. The van der Waals surface area contributed by atoms with E-state index in [1.54, 1.807) is 24.5 Å². The van der Waals surface area contributed by atoms with Crippen molar-refractivity contribution >= 4 is 17.9 Å². The van der Waals surface area contributed by atoms with E-state index in [-0.39, 0.29) is 30.4 Å². The number of aryl methyl sites for hydroxylation is 1. The molecule has 0 saturated carbocycles. The number of aliphatic hydroxyl groups excluding tert-OH is 1. The van der Waals surface area contributed by atoms with Crippen LogP contribution in [0.15, 0.2) is 53.5 Å². The zero-order valence-electron chi connectivity index (χ0n) is 19.8. The molecule has 188 valence electrons. The first-order chi connectivity index (χ1) is 17.2. The molecule has 8 nitrogen and oxygen atoms in total. The molecule has 2 heterocycles. The van der Waals surface area contributed by atoms with E-state index in [0.29, 0.717) is 11.3 Å². The standard InChI is InChI=1S/C25H24F3N5O3/c1-14-12-32(13-30-14)21-5-4-16(9-22(21)36-3)8-20-24(35)33(25(31-20)29-6-7-34)15(2)17-10-18(26)23(28)19(27)11-17/h4-5,8-13,15,34H,6-7H2,1-3H3,(H,29,31). The number of rotatable bonds is 7. The second kappa shape index (κ2) is 10.2. The van der Waals surface area contributed by atoms with Gasteiger partial charge in [-0.25, -0.2) is 18.2 Å². The molecule has 1 aliphatic rings. The summed E-state index contributed by atoms with van der Waals surface area (Å²) in [6.45, 7) is 3.13. The summed E-state index contributed by atoms with van der Waals surface area (Å²) in [5.74, 6) is -4.19. The van der Waals surface area contributed by atoms with Crippen LogP contribution in [-0.4, -0.2) is 51.7 Å². The maximum absolute atomic E-state index is 13.9. The van der Waals surface area contributed by atoms with Crippen LogP contribution in [0.1, 0.15) is 29.8 Å². The van der Waals surface area contributed by atoms with Crippen LogP contribution in [-0.2, 0) is 4.79 Å². The molecule has 4 rings (SSSR count). The number of hydrogen-bond acceptors (Lipinski definition) is 5. The molecule has 0 radical (unpaired) electrons. The molecule has 0 bridgehead atoms. The molecular weight excluding hydrogens is 475 g/mol. The van der Waals surface area contributed by atoms with Gasteiger partial charge < -0.3 is 19.7 Å². The highest BCUT2D eigenvalue weighted by atomic mass is 19.2. The molecule has 0 aliphatic carbocycles. The summed E-state index contributed by atoms with van der Waals surface area (Å²) >= 11 is 0. The third kappa shape index (κ3) is 4.82. The molecule has 1 aromatic heterocycles. The lowest BCUT2D eigenvalue weighted by molar-refractivity contribution is -0.123. The molecule has 1 saturated heterocycles. The van der Waals surface area contributed by atoms with Crippen LogP contribution in [0.2, 0.25) is 0 Å². The number of benzene rings is 2. The van der Waals surface area contributed by atoms with Crippen LogP contribution in [0.25, 0.3) is 11.8 Å². The fourth-order valence-electron chi connectivity index (χ4n) is 3.87. The maximum atomic E-state index is 13.9. The van der Waals surface area contributed by atoms with E-state index < -0.39 is 29.4 Å². The van der Waals surface area contributed by atoms with E-state index in [1.807, 2.05) is 23.8 Å². The molecule has 3 aromatic rings. The SMILES string of the molecule is COc1cc(C=C2NC(=NCCO)N(C(C)c3cc(F)c(F)c(F)c3)C2=O)ccc1-n1cnc(C)c1. The Hall–Kier alpha value is -4.12. The first-order valence-corrected chi connectivity index (χ1v) is 11.0. The fraction of sp³-hybridized carbons (Fsp3) is 0.240. The van der Waals surface area contributed by atoms with Crippen molar-refractivity contribution in [1.29, 1.82) is 0 Å². The minimum atomic E-state index is -1.59. The molecule has 1 atom stereocenters. The summed E-state index contributed by atoms with van der Waals surface area (Å²) in [6.07, 6.45) is 5.10. The second-order valence-electron chi connectivity index (χ2n) is 8.12. The van der Waals surface area contributed by atoms with Gasteiger partial charge in [0.2, 0.25) is 5.96 Å². The van der Waals surface area contributed by atoms with Gasteiger partial charge in [0, 0.05) is 6.20 Å². The van der Waals surface area contributed by atoms with Crippen LogP contribution >= 0.6 is 0 Å². The number of nitrogens with zero attached hydrogens (tertiary/aromatic N) is 4. The first kappa shape index (κ1) is 25.0. The van der Waals surface area contributed by atoms with Crippen LogP contribution < -0.4 is 10.1 Å². The van der Waals surface area contributed by atoms with Crippen molar-refractivity contribution in [1.82, 2.24) is 19.8 Å². The summed E-state index contributed by atoms with van der Waals surface area (Å²) in [5, 5.41) is 12.1. The monoisotopic (exact) mass is 499 g/mol. The highest BCUT2D eigenvalue weighted by Gasteiger charge is 2.36. The summed E-state index contributed by atoms with van der Waals surface area (Å²) in [7, 11) is 1.53. The molecule has 1 unspecified atom stereocenters. The molecule has 1 aliphatic heterocycles. The van der Waals surface area contributed by atoms with Crippen LogP contribution in [0.5, 0.6) is 5.75 Å². The Bertz CT molecular complexity index is 1350. The fourth-order valence-corrected chi connectivity index (χ4v) is 3.87. The van der Waals surface area contributed by atoms with E-state index in [4.69, 9.17) is 4.74 Å². The highest BCUT2D eigenvalue weighted by Crippen LogP contribution is 2.30. The summed E-state index contributed by atoms with van der Waals surface area (Å²) < 4.78 is 48.5. The number of ether oxygens (including phenoxy) is 1. The largest absolute Gasteiger partial charge is 0.495 e. The Morgan fingerprint density at radius 2 is 1.94 bits per heavy atom. The van der Waals surface area contributed by atoms with Gasteiger partial charge in [0.1, 0.15) is 11.4 Å². The molecule has 1 fully saturated rings. The lowest BCUT2D eigenvalue weighted by Gasteiger charge is -2.24. The summed E-state index contributed by atoms with van der Waals surface area (Å²) in [6, 6.07) is 6.13. The molecule has 1 amide bonds. The summed E-state index contributed by atoms with van der Waals surface area (Å²) in [4.78, 5) is 22.9. The molecule has 36 heavy (non-hydrogen) atoms. The van der Waals surface area contributed by atoms with Gasteiger partial charge in [-0.15, -0.1) is 0 Å². The van der Waals surface area contributed by atoms with E-state index >= 15 is 0 Å². The quantitative estimate of drug-likeness (QED) is 0.384. The van der Waals surface area contributed by atoms with E-state index in [1.165, 1.54) is 18.9 Å². The number of guanidine groups is 1. The number of aromatic nitrogens is 2. The van der Waals surface area contributed by atoms with Crippen molar-refractivity contribution in [3.05, 3.63) is 82.8 Å². The first-order valence-electron chi connectivity index (χ1n) is 11.0. The maximum Gasteiger partial charge on any atom is 0.277 e. The number of amides is 1. The predicted octanol–water partition coefficient (Wildman–Crippen LogP) is 3.49. The van der Waals surface area contributed by atoms with Crippen molar-refractivity contribution in [2.24, 2.45) is 4.99 Å². The molecular formula is C25H24F3N5O3. The minimum absolute atomic E-state index is 0.00883. The van der Waals surface area contributed by atoms with Crippen molar-refractivity contribution < 1.29 is 27.8 Å². The number of carbonyl (C=O) groups is 1. The van der Waals surface area contributed by atoms with Gasteiger partial charge in [0.25, 0.3) is 5.91 Å². The number of aliphatic imine (C=N–C) groups is 1. The van der Waals surface area contributed by atoms with Crippen molar-refractivity contribution in [2.45, 2.75) is 19.9 Å². The van der Waals surface area contributed by atoms with Gasteiger partial charge in [0.05, 0.1) is 44.0 Å². The number of halogens is 3. The third-order valence-corrected chi connectivity index (χ3v) is 5.67.